The van der Waals surface area contributed by atoms with Gasteiger partial charge in [-0.15, -0.1) is 0 Å². The first-order chi connectivity index (χ1) is 10.6. The molecule has 0 unspecified atom stereocenters. The fourth-order valence-electron chi connectivity index (χ4n) is 2.08. The zero-order chi connectivity index (χ0) is 15.9. The van der Waals surface area contributed by atoms with E-state index in [4.69, 9.17) is 15.2 Å². The van der Waals surface area contributed by atoms with Gasteiger partial charge in [-0.2, -0.15) is 0 Å². The number of nitrogens with two attached hydrogens (primary N) is 1. The first-order valence-electron chi connectivity index (χ1n) is 6.98. The topological polar surface area (TPSA) is 73.6 Å². The lowest BCUT2D eigenvalue weighted by atomic mass is 10.1. The van der Waals surface area contributed by atoms with Gasteiger partial charge in [0.05, 0.1) is 14.2 Å². The Labute approximate surface area is 130 Å². The van der Waals surface area contributed by atoms with Gasteiger partial charge in [0.15, 0.2) is 11.5 Å². The molecule has 2 rings (SSSR count). The van der Waals surface area contributed by atoms with E-state index in [1.54, 1.807) is 32.4 Å². The Morgan fingerprint density at radius 2 is 1.73 bits per heavy atom. The number of methoxy groups -OCH3 is 2. The number of nitrogen functional groups attached to an aromatic ring is 1. The van der Waals surface area contributed by atoms with Crippen molar-refractivity contribution in [3.63, 3.8) is 0 Å². The number of carbonyl (C=O) groups excluding carboxylic acids is 1. The minimum absolute atomic E-state index is 0.142. The Bertz CT molecular complexity index is 639. The number of benzene rings is 2. The summed E-state index contributed by atoms with van der Waals surface area (Å²) in [6.07, 6.45) is 0.749. The molecule has 0 heterocycles. The largest absolute Gasteiger partial charge is 0.493 e. The number of rotatable bonds is 6. The second-order valence-electron chi connectivity index (χ2n) is 4.82. The number of hydrogen-bond donors (Lipinski definition) is 2. The van der Waals surface area contributed by atoms with E-state index >= 15 is 0 Å². The van der Waals surface area contributed by atoms with Crippen molar-refractivity contribution in [3.05, 3.63) is 53.6 Å². The zero-order valence-electron chi connectivity index (χ0n) is 12.8. The third kappa shape index (κ3) is 3.91. The van der Waals surface area contributed by atoms with E-state index in [2.05, 4.69) is 5.32 Å². The summed E-state index contributed by atoms with van der Waals surface area (Å²) in [6.45, 7) is 0.553. The molecule has 0 fully saturated rings. The van der Waals surface area contributed by atoms with Crippen LogP contribution in [-0.2, 0) is 6.42 Å². The van der Waals surface area contributed by atoms with Gasteiger partial charge in [0, 0.05) is 17.8 Å². The van der Waals surface area contributed by atoms with E-state index in [0.29, 0.717) is 23.6 Å². The maximum absolute atomic E-state index is 12.1. The summed E-state index contributed by atoms with van der Waals surface area (Å²) in [6, 6.07) is 12.7. The summed E-state index contributed by atoms with van der Waals surface area (Å²) < 4.78 is 10.3. The number of anilines is 1. The van der Waals surface area contributed by atoms with Crippen molar-refractivity contribution in [2.45, 2.75) is 6.42 Å². The number of nitrogens with one attached hydrogen (secondary N) is 1. The summed E-state index contributed by atoms with van der Waals surface area (Å²) in [7, 11) is 3.10. The summed E-state index contributed by atoms with van der Waals surface area (Å²) >= 11 is 0. The van der Waals surface area contributed by atoms with Gasteiger partial charge in [-0.3, -0.25) is 4.79 Å². The Balaban J connectivity index is 1.93. The average molecular weight is 300 g/mol. The van der Waals surface area contributed by atoms with E-state index in [0.717, 1.165) is 17.7 Å². The predicted octanol–water partition coefficient (Wildman–Crippen LogP) is 2.26. The summed E-state index contributed by atoms with van der Waals surface area (Å²) in [5.74, 6) is 0.992. The summed E-state index contributed by atoms with van der Waals surface area (Å²) in [5, 5.41) is 2.88. The molecule has 0 aromatic heterocycles. The van der Waals surface area contributed by atoms with Gasteiger partial charge in [-0.25, -0.2) is 0 Å². The summed E-state index contributed by atoms with van der Waals surface area (Å²) in [5.41, 5.74) is 8.04. The highest BCUT2D eigenvalue weighted by molar-refractivity contribution is 5.94. The van der Waals surface area contributed by atoms with Gasteiger partial charge in [-0.1, -0.05) is 12.1 Å². The Kier molecular flexibility index (Phi) is 5.25. The molecule has 0 atom stereocenters. The van der Waals surface area contributed by atoms with Crippen LogP contribution in [-0.4, -0.2) is 26.7 Å². The number of carbonyl (C=O) groups is 1. The molecule has 0 spiro atoms. The molecule has 0 aliphatic carbocycles. The summed E-state index contributed by atoms with van der Waals surface area (Å²) in [4.78, 5) is 12.1. The molecule has 1 amide bonds. The van der Waals surface area contributed by atoms with Crippen LogP contribution in [0.3, 0.4) is 0 Å². The third-order valence-corrected chi connectivity index (χ3v) is 3.32. The highest BCUT2D eigenvalue weighted by atomic mass is 16.5. The monoisotopic (exact) mass is 300 g/mol. The number of hydrogen-bond acceptors (Lipinski definition) is 4. The van der Waals surface area contributed by atoms with Crippen LogP contribution in [0.15, 0.2) is 42.5 Å². The average Bonchev–Trinajstić information content (AvgIpc) is 2.55. The Hall–Kier alpha value is -2.69. The molecule has 0 saturated heterocycles. The van der Waals surface area contributed by atoms with E-state index in [9.17, 15) is 4.79 Å². The molecule has 3 N–H and O–H groups in total. The molecule has 0 aliphatic heterocycles. The predicted molar refractivity (Wildman–Crippen MR) is 86.4 cm³/mol. The molecule has 5 heteroatoms. The lowest BCUT2D eigenvalue weighted by Gasteiger charge is -2.10. The molecule has 0 radical (unpaired) electrons. The fourth-order valence-corrected chi connectivity index (χ4v) is 2.08. The van der Waals surface area contributed by atoms with Crippen LogP contribution in [0.5, 0.6) is 11.5 Å². The van der Waals surface area contributed by atoms with E-state index in [1.807, 2.05) is 24.3 Å². The van der Waals surface area contributed by atoms with Crippen molar-refractivity contribution in [3.8, 4) is 11.5 Å². The zero-order valence-corrected chi connectivity index (χ0v) is 12.8. The van der Waals surface area contributed by atoms with E-state index < -0.39 is 0 Å². The normalized spacial score (nSPS) is 10.1. The Morgan fingerprint density at radius 1 is 1.05 bits per heavy atom. The Morgan fingerprint density at radius 3 is 2.36 bits per heavy atom. The molecular weight excluding hydrogens is 280 g/mol. The van der Waals surface area contributed by atoms with Crippen molar-refractivity contribution in [1.82, 2.24) is 5.32 Å². The third-order valence-electron chi connectivity index (χ3n) is 3.32. The SMILES string of the molecule is COc1ccc(C(=O)NCCc2ccc(N)cc2)cc1OC. The first-order valence-corrected chi connectivity index (χ1v) is 6.98. The van der Waals surface area contributed by atoms with Crippen LogP contribution in [0.2, 0.25) is 0 Å². The quantitative estimate of drug-likeness (QED) is 0.803. The van der Waals surface area contributed by atoms with Crippen LogP contribution >= 0.6 is 0 Å². The minimum Gasteiger partial charge on any atom is -0.493 e. The second kappa shape index (κ2) is 7.36. The minimum atomic E-state index is -0.142. The highest BCUT2D eigenvalue weighted by Gasteiger charge is 2.10. The van der Waals surface area contributed by atoms with E-state index in [1.165, 1.54) is 0 Å². The first kappa shape index (κ1) is 15.7. The maximum atomic E-state index is 12.1. The van der Waals surface area contributed by atoms with E-state index in [-0.39, 0.29) is 5.91 Å². The molecule has 2 aromatic rings. The fraction of sp³-hybridized carbons (Fsp3) is 0.235. The van der Waals surface area contributed by atoms with Gasteiger partial charge in [0.1, 0.15) is 0 Å². The highest BCUT2D eigenvalue weighted by Crippen LogP contribution is 2.27. The molecule has 0 aliphatic rings. The van der Waals surface area contributed by atoms with Crippen molar-refractivity contribution in [2.75, 3.05) is 26.5 Å². The van der Waals surface area contributed by atoms with Gasteiger partial charge >= 0.3 is 0 Å². The van der Waals surface area contributed by atoms with Crippen LogP contribution in [0, 0.1) is 0 Å². The van der Waals surface area contributed by atoms with Crippen molar-refractivity contribution < 1.29 is 14.3 Å². The van der Waals surface area contributed by atoms with Gasteiger partial charge in [0.2, 0.25) is 0 Å². The molecule has 0 bridgehead atoms. The standard InChI is InChI=1S/C17H20N2O3/c1-21-15-8-5-13(11-16(15)22-2)17(20)19-10-9-12-3-6-14(18)7-4-12/h3-8,11H,9-10,18H2,1-2H3,(H,19,20). The van der Waals surface area contributed by atoms with Crippen LogP contribution in [0.25, 0.3) is 0 Å². The number of amides is 1. The van der Waals surface area contributed by atoms with Crippen molar-refractivity contribution in [1.29, 1.82) is 0 Å². The second-order valence-corrected chi connectivity index (χ2v) is 4.82. The molecule has 2 aromatic carbocycles. The van der Waals surface area contributed by atoms with Crippen molar-refractivity contribution >= 4 is 11.6 Å². The van der Waals surface area contributed by atoms with Crippen LogP contribution in [0.4, 0.5) is 5.69 Å². The van der Waals surface area contributed by atoms with Gasteiger partial charge in [0.25, 0.3) is 5.91 Å². The van der Waals surface area contributed by atoms with Crippen LogP contribution in [0.1, 0.15) is 15.9 Å². The maximum Gasteiger partial charge on any atom is 0.251 e. The van der Waals surface area contributed by atoms with Gasteiger partial charge < -0.3 is 20.5 Å². The molecule has 0 saturated carbocycles. The molecular formula is C17H20N2O3. The van der Waals surface area contributed by atoms with Gasteiger partial charge in [-0.05, 0) is 42.3 Å². The lowest BCUT2D eigenvalue weighted by Crippen LogP contribution is -2.25. The van der Waals surface area contributed by atoms with Crippen molar-refractivity contribution in [2.24, 2.45) is 0 Å². The van der Waals surface area contributed by atoms with Crippen LogP contribution < -0.4 is 20.5 Å². The molecule has 116 valence electrons. The lowest BCUT2D eigenvalue weighted by molar-refractivity contribution is 0.0953. The smallest absolute Gasteiger partial charge is 0.251 e. The molecule has 22 heavy (non-hydrogen) atoms. The number of ether oxygens (including phenoxy) is 2. The molecule has 5 nitrogen and oxygen atoms in total.